The zero-order valence-corrected chi connectivity index (χ0v) is 6.40. The molecule has 3 heteroatoms. The summed E-state index contributed by atoms with van der Waals surface area (Å²) in [6.07, 6.45) is 8.83. The predicted molar refractivity (Wildman–Crippen MR) is 46.2 cm³/mol. The maximum atomic E-state index is 5.11. The van der Waals surface area contributed by atoms with Crippen molar-refractivity contribution in [1.82, 2.24) is 9.97 Å². The Bertz CT molecular complexity index is 310. The molecule has 0 aliphatic rings. The number of imidazole rings is 1. The fraction of sp³-hybridized carbons (Fsp3) is 0. The van der Waals surface area contributed by atoms with Crippen LogP contribution in [0.2, 0.25) is 0 Å². The Morgan fingerprint density at radius 3 is 3.08 bits per heavy atom. The number of aromatic amines is 1. The van der Waals surface area contributed by atoms with Gasteiger partial charge in [0.05, 0.1) is 24.5 Å². The minimum Gasteiger partial charge on any atom is -0.465 e. The lowest BCUT2D eigenvalue weighted by Gasteiger charge is -1.82. The van der Waals surface area contributed by atoms with E-state index in [0.29, 0.717) is 0 Å². The molecular formula is C9H8N2O. The SMILES string of the molecule is C(=Cc1ccco1)c1cnc[nH]1. The van der Waals surface area contributed by atoms with Crippen LogP contribution in [0.25, 0.3) is 12.2 Å². The molecule has 0 radical (unpaired) electrons. The molecule has 0 aromatic carbocycles. The molecular weight excluding hydrogens is 152 g/mol. The number of aromatic nitrogens is 2. The highest BCUT2D eigenvalue weighted by atomic mass is 16.3. The second-order valence-electron chi connectivity index (χ2n) is 2.36. The molecule has 0 unspecified atom stereocenters. The van der Waals surface area contributed by atoms with E-state index in [-0.39, 0.29) is 0 Å². The highest BCUT2D eigenvalue weighted by Crippen LogP contribution is 2.05. The summed E-state index contributed by atoms with van der Waals surface area (Å²) >= 11 is 0. The molecule has 0 fully saturated rings. The van der Waals surface area contributed by atoms with Gasteiger partial charge < -0.3 is 9.40 Å². The van der Waals surface area contributed by atoms with Crippen LogP contribution in [-0.2, 0) is 0 Å². The lowest BCUT2D eigenvalue weighted by molar-refractivity contribution is 0.557. The molecule has 0 aliphatic carbocycles. The van der Waals surface area contributed by atoms with Crippen molar-refractivity contribution in [3.63, 3.8) is 0 Å². The number of rotatable bonds is 2. The van der Waals surface area contributed by atoms with Crippen molar-refractivity contribution in [3.05, 3.63) is 42.4 Å². The van der Waals surface area contributed by atoms with Crippen molar-refractivity contribution < 1.29 is 4.42 Å². The fourth-order valence-corrected chi connectivity index (χ4v) is 0.916. The minimum atomic E-state index is 0.838. The molecule has 12 heavy (non-hydrogen) atoms. The van der Waals surface area contributed by atoms with Crippen molar-refractivity contribution in [2.45, 2.75) is 0 Å². The van der Waals surface area contributed by atoms with Gasteiger partial charge in [-0.1, -0.05) is 0 Å². The summed E-state index contributed by atoms with van der Waals surface area (Å²) in [5, 5.41) is 0. The topological polar surface area (TPSA) is 41.8 Å². The van der Waals surface area contributed by atoms with Gasteiger partial charge >= 0.3 is 0 Å². The molecule has 3 nitrogen and oxygen atoms in total. The first-order valence-electron chi connectivity index (χ1n) is 3.65. The number of furan rings is 1. The van der Waals surface area contributed by atoms with Gasteiger partial charge in [-0.05, 0) is 24.3 Å². The summed E-state index contributed by atoms with van der Waals surface area (Å²) in [6, 6.07) is 3.75. The van der Waals surface area contributed by atoms with Gasteiger partial charge in [-0.2, -0.15) is 0 Å². The van der Waals surface area contributed by atoms with E-state index >= 15 is 0 Å². The summed E-state index contributed by atoms with van der Waals surface area (Å²) in [5.41, 5.74) is 0.964. The van der Waals surface area contributed by atoms with E-state index in [1.54, 1.807) is 18.8 Å². The van der Waals surface area contributed by atoms with Crippen LogP contribution in [0, 0.1) is 0 Å². The van der Waals surface area contributed by atoms with E-state index in [9.17, 15) is 0 Å². The van der Waals surface area contributed by atoms with Gasteiger partial charge in [-0.25, -0.2) is 4.98 Å². The van der Waals surface area contributed by atoms with Gasteiger partial charge in [-0.3, -0.25) is 0 Å². The van der Waals surface area contributed by atoms with Crippen LogP contribution < -0.4 is 0 Å². The van der Waals surface area contributed by atoms with Gasteiger partial charge in [0.2, 0.25) is 0 Å². The molecule has 0 amide bonds. The van der Waals surface area contributed by atoms with E-state index in [4.69, 9.17) is 4.42 Å². The Kier molecular flexibility index (Phi) is 1.78. The molecule has 0 bridgehead atoms. The number of nitrogens with zero attached hydrogens (tertiary/aromatic N) is 1. The summed E-state index contributed by atoms with van der Waals surface area (Å²) in [5.74, 6) is 0.838. The van der Waals surface area contributed by atoms with Crippen molar-refractivity contribution in [2.75, 3.05) is 0 Å². The third-order valence-corrected chi connectivity index (χ3v) is 1.49. The molecule has 60 valence electrons. The van der Waals surface area contributed by atoms with Crippen LogP contribution in [0.4, 0.5) is 0 Å². The Morgan fingerprint density at radius 1 is 1.42 bits per heavy atom. The van der Waals surface area contributed by atoms with Crippen molar-refractivity contribution in [2.24, 2.45) is 0 Å². The van der Waals surface area contributed by atoms with Crippen molar-refractivity contribution >= 4 is 12.2 Å². The van der Waals surface area contributed by atoms with E-state index in [1.807, 2.05) is 24.3 Å². The maximum absolute atomic E-state index is 5.11. The lowest BCUT2D eigenvalue weighted by Crippen LogP contribution is -1.66. The molecule has 2 aromatic rings. The standard InChI is InChI=1S/C9H8N2O/c1-2-9(12-5-1)4-3-8-6-10-7-11-8/h1-7H,(H,10,11). The largest absolute Gasteiger partial charge is 0.465 e. The predicted octanol–water partition coefficient (Wildman–Crippen LogP) is 2.17. The molecule has 2 heterocycles. The Hall–Kier alpha value is -1.77. The number of hydrogen-bond donors (Lipinski definition) is 1. The van der Waals surface area contributed by atoms with Gasteiger partial charge in [-0.15, -0.1) is 0 Å². The zero-order chi connectivity index (χ0) is 8.23. The van der Waals surface area contributed by atoms with Crippen molar-refractivity contribution in [1.29, 1.82) is 0 Å². The average molecular weight is 160 g/mol. The molecule has 0 spiro atoms. The van der Waals surface area contributed by atoms with Gasteiger partial charge in [0.25, 0.3) is 0 Å². The first-order valence-corrected chi connectivity index (χ1v) is 3.65. The molecule has 0 aliphatic heterocycles. The minimum absolute atomic E-state index is 0.838. The Labute approximate surface area is 69.8 Å². The van der Waals surface area contributed by atoms with Gasteiger partial charge in [0.1, 0.15) is 5.76 Å². The van der Waals surface area contributed by atoms with Gasteiger partial charge in [0.15, 0.2) is 0 Å². The van der Waals surface area contributed by atoms with Gasteiger partial charge in [0, 0.05) is 0 Å². The third-order valence-electron chi connectivity index (χ3n) is 1.49. The van der Waals surface area contributed by atoms with E-state index in [1.165, 1.54) is 0 Å². The van der Waals surface area contributed by atoms with Crippen LogP contribution >= 0.6 is 0 Å². The van der Waals surface area contributed by atoms with E-state index in [0.717, 1.165) is 11.5 Å². The molecule has 0 atom stereocenters. The molecule has 0 saturated carbocycles. The second-order valence-corrected chi connectivity index (χ2v) is 2.36. The smallest absolute Gasteiger partial charge is 0.126 e. The normalized spacial score (nSPS) is 11.0. The number of nitrogens with one attached hydrogen (secondary N) is 1. The number of hydrogen-bond acceptors (Lipinski definition) is 2. The Balaban J connectivity index is 2.14. The zero-order valence-electron chi connectivity index (χ0n) is 6.40. The summed E-state index contributed by atoms with van der Waals surface area (Å²) in [7, 11) is 0. The molecule has 2 rings (SSSR count). The van der Waals surface area contributed by atoms with Crippen LogP contribution in [0.5, 0.6) is 0 Å². The molecule has 2 aromatic heterocycles. The number of H-pyrrole nitrogens is 1. The van der Waals surface area contributed by atoms with Crippen LogP contribution in [0.1, 0.15) is 11.5 Å². The summed E-state index contributed by atoms with van der Waals surface area (Å²) in [4.78, 5) is 6.84. The first-order chi connectivity index (χ1) is 5.95. The molecule has 1 N–H and O–H groups in total. The highest BCUT2D eigenvalue weighted by molar-refractivity contribution is 5.64. The monoisotopic (exact) mass is 160 g/mol. The third kappa shape index (κ3) is 1.45. The molecule has 0 saturated heterocycles. The summed E-state index contributed by atoms with van der Waals surface area (Å²) < 4.78 is 5.11. The highest BCUT2D eigenvalue weighted by Gasteiger charge is 1.88. The van der Waals surface area contributed by atoms with Crippen LogP contribution in [0.15, 0.2) is 35.3 Å². The first kappa shape index (κ1) is 6.91. The fourth-order valence-electron chi connectivity index (χ4n) is 0.916. The quantitative estimate of drug-likeness (QED) is 0.731. The lowest BCUT2D eigenvalue weighted by atomic mass is 10.3. The average Bonchev–Trinajstić information content (AvgIpc) is 2.74. The van der Waals surface area contributed by atoms with E-state index in [2.05, 4.69) is 9.97 Å². The van der Waals surface area contributed by atoms with Crippen molar-refractivity contribution in [3.8, 4) is 0 Å². The van der Waals surface area contributed by atoms with Crippen LogP contribution in [-0.4, -0.2) is 9.97 Å². The second kappa shape index (κ2) is 3.09. The summed E-state index contributed by atoms with van der Waals surface area (Å²) in [6.45, 7) is 0. The maximum Gasteiger partial charge on any atom is 0.126 e. The Morgan fingerprint density at radius 2 is 2.42 bits per heavy atom. The van der Waals surface area contributed by atoms with Crippen LogP contribution in [0.3, 0.4) is 0 Å². The van der Waals surface area contributed by atoms with E-state index < -0.39 is 0 Å².